The first-order chi connectivity index (χ1) is 17.9. The Morgan fingerprint density at radius 1 is 1.16 bits per heavy atom. The number of hydrogen-bond acceptors (Lipinski definition) is 6. The zero-order chi connectivity index (χ0) is 27.3. The molecule has 8 nitrogen and oxygen atoms in total. The maximum atomic E-state index is 15.6. The van der Waals surface area contributed by atoms with E-state index in [0.29, 0.717) is 18.4 Å². The summed E-state index contributed by atoms with van der Waals surface area (Å²) < 4.78 is 59.5. The van der Waals surface area contributed by atoms with Crippen molar-refractivity contribution in [2.24, 2.45) is 0 Å². The van der Waals surface area contributed by atoms with E-state index < -0.39 is 44.0 Å². The van der Waals surface area contributed by atoms with Gasteiger partial charge in [-0.1, -0.05) is 30.3 Å². The maximum absolute atomic E-state index is 15.6. The molecule has 0 bridgehead atoms. The van der Waals surface area contributed by atoms with Crippen molar-refractivity contribution in [3.05, 3.63) is 82.9 Å². The van der Waals surface area contributed by atoms with Crippen LogP contribution in [0.15, 0.2) is 48.8 Å². The molecule has 0 radical (unpaired) electrons. The fraction of sp³-hybridized carbons (Fsp3) is 0.481. The summed E-state index contributed by atoms with van der Waals surface area (Å²) in [5, 5.41) is 26.8. The minimum Gasteiger partial charge on any atom is -0.390 e. The van der Waals surface area contributed by atoms with Gasteiger partial charge in [0, 0.05) is 23.6 Å². The van der Waals surface area contributed by atoms with Gasteiger partial charge in [0.2, 0.25) is 10.0 Å². The van der Waals surface area contributed by atoms with Crippen LogP contribution in [0, 0.1) is 11.6 Å². The van der Waals surface area contributed by atoms with Crippen LogP contribution in [-0.4, -0.2) is 49.8 Å². The molecule has 1 aliphatic heterocycles. The van der Waals surface area contributed by atoms with Crippen LogP contribution in [0.4, 0.5) is 8.78 Å². The van der Waals surface area contributed by atoms with Gasteiger partial charge in [0.15, 0.2) is 5.82 Å². The van der Waals surface area contributed by atoms with E-state index in [2.05, 4.69) is 15.2 Å². The van der Waals surface area contributed by atoms with Crippen molar-refractivity contribution >= 4 is 10.0 Å². The number of aliphatic hydroxyl groups is 2. The minimum absolute atomic E-state index is 0.00694. The van der Waals surface area contributed by atoms with Crippen LogP contribution in [-0.2, 0) is 22.0 Å². The molecular formula is C27H32F2N4O4S. The molecule has 3 aromatic rings. The lowest BCUT2D eigenvalue weighted by Gasteiger charge is -2.53. The molecule has 1 aromatic heterocycles. The predicted molar refractivity (Wildman–Crippen MR) is 136 cm³/mol. The number of hydrogen-bond donors (Lipinski definition) is 3. The second-order valence-electron chi connectivity index (χ2n) is 11.0. The molecule has 1 saturated heterocycles. The van der Waals surface area contributed by atoms with Gasteiger partial charge < -0.3 is 10.2 Å². The summed E-state index contributed by atoms with van der Waals surface area (Å²) >= 11 is 0. The van der Waals surface area contributed by atoms with Gasteiger partial charge in [-0.05, 0) is 69.2 Å². The van der Waals surface area contributed by atoms with E-state index in [-0.39, 0.29) is 48.8 Å². The third kappa shape index (κ3) is 4.88. The molecule has 2 aliphatic rings. The van der Waals surface area contributed by atoms with Gasteiger partial charge in [0.05, 0.1) is 5.60 Å². The molecule has 2 heterocycles. The van der Waals surface area contributed by atoms with Crippen LogP contribution < -0.4 is 0 Å². The van der Waals surface area contributed by atoms with Gasteiger partial charge in [0.25, 0.3) is 0 Å². The van der Waals surface area contributed by atoms with Crippen molar-refractivity contribution in [2.45, 2.75) is 80.9 Å². The van der Waals surface area contributed by atoms with E-state index in [1.165, 1.54) is 10.6 Å². The summed E-state index contributed by atoms with van der Waals surface area (Å²) in [5.41, 5.74) is -1.47. The average molecular weight is 547 g/mol. The third-order valence-corrected chi connectivity index (χ3v) is 10.4. The lowest BCUT2D eigenvalue weighted by molar-refractivity contribution is -0.0923. The molecule has 204 valence electrons. The molecule has 1 aliphatic carbocycles. The van der Waals surface area contributed by atoms with Crippen molar-refractivity contribution < 1.29 is 27.4 Å². The zero-order valence-electron chi connectivity index (χ0n) is 21.3. The highest BCUT2D eigenvalue weighted by atomic mass is 32.2. The van der Waals surface area contributed by atoms with E-state index >= 15 is 8.78 Å². The van der Waals surface area contributed by atoms with Gasteiger partial charge in [-0.3, -0.25) is 5.10 Å². The summed E-state index contributed by atoms with van der Waals surface area (Å²) in [5.74, 6) is -1.31. The largest absolute Gasteiger partial charge is 0.390 e. The second-order valence-corrected chi connectivity index (χ2v) is 13.1. The highest BCUT2D eigenvalue weighted by Crippen LogP contribution is 2.55. The quantitative estimate of drug-likeness (QED) is 0.412. The van der Waals surface area contributed by atoms with Gasteiger partial charge >= 0.3 is 0 Å². The number of halogens is 2. The van der Waals surface area contributed by atoms with Crippen LogP contribution in [0.1, 0.15) is 79.8 Å². The zero-order valence-corrected chi connectivity index (χ0v) is 22.1. The second kappa shape index (κ2) is 9.78. The summed E-state index contributed by atoms with van der Waals surface area (Å²) in [6.07, 6.45) is 1.45. The number of aromatic amines is 1. The Bertz CT molecular complexity index is 1390. The van der Waals surface area contributed by atoms with E-state index in [9.17, 15) is 18.6 Å². The summed E-state index contributed by atoms with van der Waals surface area (Å²) in [6, 6.07) is 10.7. The Labute approximate surface area is 220 Å². The standard InChI is InChI=1S/C27H32F2N4O4S/c1-17-8-9-24(18-6-4-3-5-7-18)38(36,37)33(17)13-19-10-22(29)20(11-21(19)28)27(14-26(2,35)15-27)12-23(34)25-30-16-31-32-25/h3-7,10-11,16-17,23-24,34-35H,8-9,12-15H2,1-2H3,(H,30,31,32)/t17-,23?,24+,26-,27+/m0/s1. The van der Waals surface area contributed by atoms with Crippen molar-refractivity contribution in [1.29, 1.82) is 0 Å². The Hall–Kier alpha value is -2.73. The van der Waals surface area contributed by atoms with Crippen molar-refractivity contribution in [3.63, 3.8) is 0 Å². The van der Waals surface area contributed by atoms with Gasteiger partial charge in [0.1, 0.15) is 29.3 Å². The number of benzene rings is 2. The number of aromatic nitrogens is 3. The number of aliphatic hydroxyl groups excluding tert-OH is 1. The first-order valence-electron chi connectivity index (χ1n) is 12.7. The van der Waals surface area contributed by atoms with Crippen LogP contribution in [0.3, 0.4) is 0 Å². The summed E-state index contributed by atoms with van der Waals surface area (Å²) in [6.45, 7) is 3.09. The molecule has 2 aromatic carbocycles. The number of rotatable bonds is 7. The van der Waals surface area contributed by atoms with Gasteiger partial charge in [-0.15, -0.1) is 0 Å². The molecular weight excluding hydrogens is 514 g/mol. The Balaban J connectivity index is 1.44. The molecule has 5 rings (SSSR count). The topological polar surface area (TPSA) is 119 Å². The van der Waals surface area contributed by atoms with Crippen LogP contribution in [0.25, 0.3) is 0 Å². The van der Waals surface area contributed by atoms with Gasteiger partial charge in [-0.2, -0.15) is 9.40 Å². The third-order valence-electron chi connectivity index (χ3n) is 7.98. The molecule has 38 heavy (non-hydrogen) atoms. The fourth-order valence-corrected chi connectivity index (χ4v) is 8.52. The predicted octanol–water partition coefficient (Wildman–Crippen LogP) is 4.04. The smallest absolute Gasteiger partial charge is 0.221 e. The monoisotopic (exact) mass is 546 g/mol. The van der Waals surface area contributed by atoms with E-state index in [4.69, 9.17) is 0 Å². The molecule has 1 unspecified atom stereocenters. The first kappa shape index (κ1) is 26.9. The molecule has 3 N–H and O–H groups in total. The number of H-pyrrole nitrogens is 1. The molecule has 2 fully saturated rings. The lowest BCUT2D eigenvalue weighted by Crippen LogP contribution is -2.54. The number of nitrogens with one attached hydrogen (secondary N) is 1. The minimum atomic E-state index is -3.82. The molecule has 11 heteroatoms. The molecule has 0 amide bonds. The Morgan fingerprint density at radius 3 is 2.50 bits per heavy atom. The van der Waals surface area contributed by atoms with Crippen LogP contribution in [0.2, 0.25) is 0 Å². The van der Waals surface area contributed by atoms with E-state index in [1.54, 1.807) is 38.1 Å². The maximum Gasteiger partial charge on any atom is 0.221 e. The highest BCUT2D eigenvalue weighted by Gasteiger charge is 2.54. The lowest BCUT2D eigenvalue weighted by atomic mass is 9.54. The van der Waals surface area contributed by atoms with Crippen molar-refractivity contribution in [2.75, 3.05) is 0 Å². The highest BCUT2D eigenvalue weighted by molar-refractivity contribution is 7.89. The molecule has 3 atom stereocenters. The molecule has 0 spiro atoms. The van der Waals surface area contributed by atoms with E-state index in [1.807, 2.05) is 6.07 Å². The Morgan fingerprint density at radius 2 is 1.87 bits per heavy atom. The average Bonchev–Trinajstić information content (AvgIpc) is 3.38. The van der Waals surface area contributed by atoms with Crippen molar-refractivity contribution in [1.82, 2.24) is 19.5 Å². The summed E-state index contributed by atoms with van der Waals surface area (Å²) in [4.78, 5) is 3.95. The van der Waals surface area contributed by atoms with E-state index in [0.717, 1.165) is 12.1 Å². The normalized spacial score (nSPS) is 30.1. The van der Waals surface area contributed by atoms with Crippen LogP contribution in [0.5, 0.6) is 0 Å². The molecule has 1 saturated carbocycles. The Kier molecular flexibility index (Phi) is 6.91. The number of nitrogens with zero attached hydrogens (tertiary/aromatic N) is 3. The van der Waals surface area contributed by atoms with Gasteiger partial charge in [-0.25, -0.2) is 22.2 Å². The first-order valence-corrected chi connectivity index (χ1v) is 14.2. The SMILES string of the molecule is C[C@H]1CC[C@H](c2ccccc2)S(=O)(=O)N1Cc1cc(F)c([C@]2(CC(O)c3nc[nH]n3)C[C@](C)(O)C2)cc1F. The van der Waals surface area contributed by atoms with Crippen molar-refractivity contribution in [3.8, 4) is 0 Å². The number of sulfonamides is 1. The fourth-order valence-electron chi connectivity index (χ4n) is 6.33. The summed E-state index contributed by atoms with van der Waals surface area (Å²) in [7, 11) is -3.82. The van der Waals surface area contributed by atoms with Crippen LogP contribution >= 0.6 is 0 Å².